The fraction of sp³-hybridized carbons (Fsp3) is 0.500. The number of tetrazole rings is 1. The largest absolute Gasteiger partial charge is 0.372 e. The summed E-state index contributed by atoms with van der Waals surface area (Å²) in [5, 5.41) is 11.9. The van der Waals surface area contributed by atoms with E-state index in [2.05, 4.69) is 44.7 Å². The Kier molecular flexibility index (Phi) is 3.92. The summed E-state index contributed by atoms with van der Waals surface area (Å²) in [6, 6.07) is 8.45. The summed E-state index contributed by atoms with van der Waals surface area (Å²) in [7, 11) is 0. The molecule has 0 saturated carbocycles. The number of anilines is 1. The van der Waals surface area contributed by atoms with Crippen LogP contribution in [0.4, 0.5) is 5.69 Å². The van der Waals surface area contributed by atoms with Gasteiger partial charge in [-0.2, -0.15) is 4.68 Å². The van der Waals surface area contributed by atoms with Gasteiger partial charge in [-0.25, -0.2) is 0 Å². The normalized spacial score (nSPS) is 14.9. The average Bonchev–Trinajstić information content (AvgIpc) is 3.16. The number of nitrogens with two attached hydrogens (primary N) is 1. The van der Waals surface area contributed by atoms with Gasteiger partial charge in [-0.1, -0.05) is 0 Å². The van der Waals surface area contributed by atoms with Crippen LogP contribution >= 0.6 is 0 Å². The van der Waals surface area contributed by atoms with Crippen LogP contribution in [0, 0.1) is 0 Å². The molecule has 0 amide bonds. The van der Waals surface area contributed by atoms with Gasteiger partial charge in [0.1, 0.15) is 0 Å². The number of rotatable bonds is 5. The molecule has 1 aliphatic heterocycles. The lowest BCUT2D eigenvalue weighted by atomic mass is 10.2. The molecule has 106 valence electrons. The summed E-state index contributed by atoms with van der Waals surface area (Å²) in [5.41, 5.74) is 7.83. The summed E-state index contributed by atoms with van der Waals surface area (Å²) in [6.45, 7) is 2.97. The van der Waals surface area contributed by atoms with Gasteiger partial charge in [-0.15, -0.1) is 5.10 Å². The summed E-state index contributed by atoms with van der Waals surface area (Å²) in [5.74, 6) is 0.865. The van der Waals surface area contributed by atoms with E-state index >= 15 is 0 Å². The SMILES string of the molecule is NCCCc1nnnn1-c1ccc(N2CCCC2)cc1. The molecule has 1 saturated heterocycles. The Morgan fingerprint density at radius 1 is 1.05 bits per heavy atom. The molecule has 1 aromatic heterocycles. The topological polar surface area (TPSA) is 72.9 Å². The van der Waals surface area contributed by atoms with Crippen molar-refractivity contribution in [3.63, 3.8) is 0 Å². The van der Waals surface area contributed by atoms with Crippen LogP contribution in [0.5, 0.6) is 0 Å². The van der Waals surface area contributed by atoms with Crippen LogP contribution in [0.3, 0.4) is 0 Å². The lowest BCUT2D eigenvalue weighted by Crippen LogP contribution is -2.17. The van der Waals surface area contributed by atoms with Crippen LogP contribution in [-0.2, 0) is 6.42 Å². The average molecular weight is 272 g/mol. The summed E-state index contributed by atoms with van der Waals surface area (Å²) < 4.78 is 1.80. The second-order valence-corrected chi connectivity index (χ2v) is 5.11. The van der Waals surface area contributed by atoms with E-state index in [1.807, 2.05) is 0 Å². The molecule has 6 heteroatoms. The maximum atomic E-state index is 5.54. The highest BCUT2D eigenvalue weighted by Crippen LogP contribution is 2.21. The second kappa shape index (κ2) is 6.00. The van der Waals surface area contributed by atoms with Crippen LogP contribution < -0.4 is 10.6 Å². The molecule has 0 bridgehead atoms. The van der Waals surface area contributed by atoms with Crippen molar-refractivity contribution < 1.29 is 0 Å². The first-order valence-corrected chi connectivity index (χ1v) is 7.21. The Balaban J connectivity index is 1.78. The van der Waals surface area contributed by atoms with Gasteiger partial charge in [-0.05, 0) is 60.5 Å². The molecule has 0 spiro atoms. The van der Waals surface area contributed by atoms with Crippen molar-refractivity contribution >= 4 is 5.69 Å². The zero-order valence-corrected chi connectivity index (χ0v) is 11.6. The number of aromatic nitrogens is 4. The lowest BCUT2D eigenvalue weighted by Gasteiger charge is -2.17. The minimum absolute atomic E-state index is 0.654. The number of hydrogen-bond acceptors (Lipinski definition) is 5. The van der Waals surface area contributed by atoms with E-state index in [1.165, 1.54) is 18.5 Å². The predicted octanol–water partition coefficient (Wildman–Crippen LogP) is 1.15. The minimum atomic E-state index is 0.654. The van der Waals surface area contributed by atoms with E-state index in [-0.39, 0.29) is 0 Å². The van der Waals surface area contributed by atoms with Crippen LogP contribution in [0.25, 0.3) is 5.69 Å². The van der Waals surface area contributed by atoms with Crippen molar-refractivity contribution in [1.29, 1.82) is 0 Å². The molecule has 2 heterocycles. The third-order valence-corrected chi connectivity index (χ3v) is 3.70. The fourth-order valence-corrected chi connectivity index (χ4v) is 2.60. The summed E-state index contributed by atoms with van der Waals surface area (Å²) in [4.78, 5) is 2.42. The van der Waals surface area contributed by atoms with Crippen LogP contribution in [-0.4, -0.2) is 39.8 Å². The number of hydrogen-bond donors (Lipinski definition) is 1. The molecule has 2 aromatic rings. The molecule has 20 heavy (non-hydrogen) atoms. The van der Waals surface area contributed by atoms with E-state index in [0.717, 1.165) is 37.4 Å². The number of nitrogens with zero attached hydrogens (tertiary/aromatic N) is 5. The zero-order valence-electron chi connectivity index (χ0n) is 11.6. The molecular weight excluding hydrogens is 252 g/mol. The number of benzene rings is 1. The minimum Gasteiger partial charge on any atom is -0.372 e. The Bertz CT molecular complexity index is 541. The standard InChI is InChI=1S/C14H20N6/c15-9-3-4-14-16-17-18-20(14)13-7-5-12(6-8-13)19-10-1-2-11-19/h5-8H,1-4,9-11,15H2. The molecule has 0 radical (unpaired) electrons. The summed E-state index contributed by atoms with van der Waals surface area (Å²) in [6.07, 6.45) is 4.28. The monoisotopic (exact) mass is 272 g/mol. The van der Waals surface area contributed by atoms with Gasteiger partial charge >= 0.3 is 0 Å². The van der Waals surface area contributed by atoms with Crippen LogP contribution in [0.15, 0.2) is 24.3 Å². The first-order chi connectivity index (χ1) is 9.88. The maximum Gasteiger partial charge on any atom is 0.156 e. The van der Waals surface area contributed by atoms with Gasteiger partial charge in [-0.3, -0.25) is 0 Å². The van der Waals surface area contributed by atoms with Gasteiger partial charge in [0, 0.05) is 25.2 Å². The molecule has 0 atom stereocenters. The van der Waals surface area contributed by atoms with Gasteiger partial charge in [0.25, 0.3) is 0 Å². The smallest absolute Gasteiger partial charge is 0.156 e. The van der Waals surface area contributed by atoms with E-state index in [1.54, 1.807) is 4.68 Å². The van der Waals surface area contributed by atoms with Crippen molar-refractivity contribution in [3.05, 3.63) is 30.1 Å². The van der Waals surface area contributed by atoms with E-state index in [9.17, 15) is 0 Å². The Hall–Kier alpha value is -1.95. The Labute approximate surface area is 118 Å². The van der Waals surface area contributed by atoms with Crippen molar-refractivity contribution in [2.45, 2.75) is 25.7 Å². The highest BCUT2D eigenvalue weighted by Gasteiger charge is 2.13. The molecule has 1 aliphatic rings. The Morgan fingerprint density at radius 2 is 1.75 bits per heavy atom. The van der Waals surface area contributed by atoms with Gasteiger partial charge in [0.15, 0.2) is 5.82 Å². The molecule has 3 rings (SSSR count). The molecule has 1 fully saturated rings. The van der Waals surface area contributed by atoms with Crippen LogP contribution in [0.1, 0.15) is 25.1 Å². The summed E-state index contributed by atoms with van der Waals surface area (Å²) >= 11 is 0. The van der Waals surface area contributed by atoms with Gasteiger partial charge < -0.3 is 10.6 Å². The Morgan fingerprint density at radius 3 is 2.45 bits per heavy atom. The quantitative estimate of drug-likeness (QED) is 0.884. The zero-order chi connectivity index (χ0) is 13.8. The molecular formula is C14H20N6. The van der Waals surface area contributed by atoms with Crippen molar-refractivity contribution in [2.75, 3.05) is 24.5 Å². The molecule has 0 unspecified atom stereocenters. The van der Waals surface area contributed by atoms with Crippen LogP contribution in [0.2, 0.25) is 0 Å². The van der Waals surface area contributed by atoms with E-state index < -0.39 is 0 Å². The highest BCUT2D eigenvalue weighted by molar-refractivity contribution is 5.51. The molecule has 6 nitrogen and oxygen atoms in total. The van der Waals surface area contributed by atoms with E-state index in [4.69, 9.17) is 5.73 Å². The second-order valence-electron chi connectivity index (χ2n) is 5.11. The maximum absolute atomic E-state index is 5.54. The van der Waals surface area contributed by atoms with Crippen molar-refractivity contribution in [2.24, 2.45) is 5.73 Å². The third-order valence-electron chi connectivity index (χ3n) is 3.70. The first-order valence-electron chi connectivity index (χ1n) is 7.21. The highest BCUT2D eigenvalue weighted by atomic mass is 15.5. The molecule has 1 aromatic carbocycles. The molecule has 0 aliphatic carbocycles. The predicted molar refractivity (Wildman–Crippen MR) is 78.0 cm³/mol. The molecule has 2 N–H and O–H groups in total. The third kappa shape index (κ3) is 2.65. The number of aryl methyl sites for hydroxylation is 1. The van der Waals surface area contributed by atoms with E-state index in [0.29, 0.717) is 6.54 Å². The van der Waals surface area contributed by atoms with Crippen molar-refractivity contribution in [3.8, 4) is 5.69 Å². The van der Waals surface area contributed by atoms with Crippen molar-refractivity contribution in [1.82, 2.24) is 20.2 Å². The lowest BCUT2D eigenvalue weighted by molar-refractivity contribution is 0.726. The van der Waals surface area contributed by atoms with Gasteiger partial charge in [0.05, 0.1) is 5.69 Å². The van der Waals surface area contributed by atoms with Gasteiger partial charge in [0.2, 0.25) is 0 Å². The fourth-order valence-electron chi connectivity index (χ4n) is 2.60. The first kappa shape index (κ1) is 13.1.